The van der Waals surface area contributed by atoms with E-state index in [-0.39, 0.29) is 5.72 Å². The molecule has 0 aliphatic carbocycles. The van der Waals surface area contributed by atoms with Gasteiger partial charge in [0.25, 0.3) is 0 Å². The number of hydrogen-bond acceptors (Lipinski definition) is 5. The lowest BCUT2D eigenvalue weighted by molar-refractivity contribution is -0.187. The molecule has 3 heterocycles. The monoisotopic (exact) mass is 410 g/mol. The predicted octanol–water partition coefficient (Wildman–Crippen LogP) is 3.75. The standard InChI is InChI=1S/C18H23BrN2O2S/c19-15-4-2-14(3-5-15)17-16-6-13-24-12-1-7-18(16,23-20-17)21-8-10-22-11-9-21/h2-5,16H,1,6-13H2. The van der Waals surface area contributed by atoms with Gasteiger partial charge in [-0.25, -0.2) is 0 Å². The first kappa shape index (κ1) is 16.9. The van der Waals surface area contributed by atoms with Gasteiger partial charge in [-0.05, 0) is 42.0 Å². The van der Waals surface area contributed by atoms with Crippen molar-refractivity contribution in [2.45, 2.75) is 25.0 Å². The van der Waals surface area contributed by atoms with E-state index >= 15 is 0 Å². The Kier molecular flexibility index (Phi) is 5.18. The van der Waals surface area contributed by atoms with Crippen molar-refractivity contribution >= 4 is 33.4 Å². The van der Waals surface area contributed by atoms with Gasteiger partial charge in [-0.15, -0.1) is 0 Å². The smallest absolute Gasteiger partial charge is 0.200 e. The molecule has 0 spiro atoms. The second-order valence-corrected chi connectivity index (χ2v) is 8.72. The summed E-state index contributed by atoms with van der Waals surface area (Å²) >= 11 is 5.58. The van der Waals surface area contributed by atoms with Gasteiger partial charge in [-0.1, -0.05) is 33.2 Å². The molecule has 0 aromatic heterocycles. The Morgan fingerprint density at radius 1 is 1.17 bits per heavy atom. The highest BCUT2D eigenvalue weighted by Gasteiger charge is 2.53. The van der Waals surface area contributed by atoms with Crippen LogP contribution in [0.2, 0.25) is 0 Å². The molecule has 0 radical (unpaired) electrons. The minimum absolute atomic E-state index is 0.271. The first-order chi connectivity index (χ1) is 11.8. The van der Waals surface area contributed by atoms with Crippen molar-refractivity contribution in [3.05, 3.63) is 34.3 Å². The number of thioether (sulfide) groups is 1. The van der Waals surface area contributed by atoms with Crippen molar-refractivity contribution in [2.75, 3.05) is 37.8 Å². The maximum Gasteiger partial charge on any atom is 0.200 e. The molecule has 4 nitrogen and oxygen atoms in total. The Balaban J connectivity index is 1.66. The molecule has 1 aromatic rings. The average molecular weight is 411 g/mol. The number of morpholine rings is 1. The SMILES string of the molecule is Brc1ccc(C2=NOC3(N4CCOCC4)CCCSCCC23)cc1. The molecule has 1 aromatic carbocycles. The molecule has 130 valence electrons. The second kappa shape index (κ2) is 7.36. The minimum atomic E-state index is -0.271. The van der Waals surface area contributed by atoms with Crippen LogP contribution in [0.25, 0.3) is 0 Å². The topological polar surface area (TPSA) is 34.1 Å². The molecular weight excluding hydrogens is 388 g/mol. The van der Waals surface area contributed by atoms with Crippen LogP contribution in [0.4, 0.5) is 0 Å². The van der Waals surface area contributed by atoms with Crippen LogP contribution in [-0.4, -0.2) is 54.1 Å². The van der Waals surface area contributed by atoms with E-state index in [4.69, 9.17) is 9.57 Å². The number of oxime groups is 1. The zero-order chi connectivity index (χ0) is 16.4. The Hall–Kier alpha value is -0.560. The van der Waals surface area contributed by atoms with Gasteiger partial charge in [-0.3, -0.25) is 4.90 Å². The Bertz CT molecular complexity index is 604. The van der Waals surface area contributed by atoms with Gasteiger partial charge in [0.1, 0.15) is 0 Å². The van der Waals surface area contributed by atoms with Crippen LogP contribution >= 0.6 is 27.7 Å². The lowest BCUT2D eigenvalue weighted by Gasteiger charge is -2.45. The van der Waals surface area contributed by atoms with Crippen molar-refractivity contribution in [3.63, 3.8) is 0 Å². The van der Waals surface area contributed by atoms with Crippen LogP contribution in [0.15, 0.2) is 33.9 Å². The van der Waals surface area contributed by atoms with E-state index in [9.17, 15) is 0 Å². The van der Waals surface area contributed by atoms with Crippen molar-refractivity contribution < 1.29 is 9.57 Å². The molecule has 0 bridgehead atoms. The number of benzene rings is 1. The molecule has 3 aliphatic rings. The molecule has 2 atom stereocenters. The van der Waals surface area contributed by atoms with Gasteiger partial charge < -0.3 is 9.57 Å². The highest BCUT2D eigenvalue weighted by atomic mass is 79.9. The third-order valence-corrected chi connectivity index (χ3v) is 6.87. The maximum absolute atomic E-state index is 6.25. The van der Waals surface area contributed by atoms with E-state index in [0.717, 1.165) is 49.3 Å². The zero-order valence-corrected chi connectivity index (χ0v) is 16.2. The van der Waals surface area contributed by atoms with Crippen LogP contribution in [0, 0.1) is 5.92 Å². The molecule has 6 heteroatoms. The van der Waals surface area contributed by atoms with Crippen LogP contribution in [0.3, 0.4) is 0 Å². The minimum Gasteiger partial charge on any atom is -0.379 e. The number of ether oxygens (including phenoxy) is 1. The van der Waals surface area contributed by atoms with E-state index in [1.54, 1.807) is 0 Å². The summed E-state index contributed by atoms with van der Waals surface area (Å²) in [5, 5.41) is 4.62. The van der Waals surface area contributed by atoms with E-state index in [1.807, 2.05) is 0 Å². The summed E-state index contributed by atoms with van der Waals surface area (Å²) in [7, 11) is 0. The summed E-state index contributed by atoms with van der Waals surface area (Å²) < 4.78 is 6.67. The third-order valence-electron chi connectivity index (χ3n) is 5.24. The van der Waals surface area contributed by atoms with Crippen molar-refractivity contribution in [2.24, 2.45) is 11.1 Å². The van der Waals surface area contributed by atoms with Crippen LogP contribution in [0.1, 0.15) is 24.8 Å². The number of hydrogen-bond donors (Lipinski definition) is 0. The lowest BCUT2D eigenvalue weighted by Crippen LogP contribution is -2.58. The molecule has 2 unspecified atom stereocenters. The molecule has 24 heavy (non-hydrogen) atoms. The van der Waals surface area contributed by atoms with Gasteiger partial charge in [0, 0.05) is 24.0 Å². The molecule has 3 aliphatic heterocycles. The summed E-state index contributed by atoms with van der Waals surface area (Å²) in [5.41, 5.74) is 2.04. The van der Waals surface area contributed by atoms with Gasteiger partial charge in [0.2, 0.25) is 0 Å². The lowest BCUT2D eigenvalue weighted by atomic mass is 9.82. The normalized spacial score (nSPS) is 31.5. The summed E-state index contributed by atoms with van der Waals surface area (Å²) in [6.45, 7) is 3.46. The highest BCUT2D eigenvalue weighted by Crippen LogP contribution is 2.43. The number of fused-ring (bicyclic) bond motifs is 1. The van der Waals surface area contributed by atoms with E-state index in [0.29, 0.717) is 5.92 Å². The molecular formula is C18H23BrN2O2S. The molecule has 0 N–H and O–H groups in total. The van der Waals surface area contributed by atoms with E-state index in [2.05, 4.69) is 62.0 Å². The summed E-state index contributed by atoms with van der Waals surface area (Å²) in [4.78, 5) is 8.75. The van der Waals surface area contributed by atoms with Crippen LogP contribution in [0.5, 0.6) is 0 Å². The van der Waals surface area contributed by atoms with Gasteiger partial charge >= 0.3 is 0 Å². The van der Waals surface area contributed by atoms with E-state index < -0.39 is 0 Å². The third kappa shape index (κ3) is 3.14. The number of halogens is 1. The van der Waals surface area contributed by atoms with Crippen molar-refractivity contribution in [3.8, 4) is 0 Å². The quantitative estimate of drug-likeness (QED) is 0.743. The largest absolute Gasteiger partial charge is 0.379 e. The number of rotatable bonds is 2. The molecule has 2 fully saturated rings. The molecule has 2 saturated heterocycles. The average Bonchev–Trinajstić information content (AvgIpc) is 2.95. The summed E-state index contributed by atoms with van der Waals surface area (Å²) in [6, 6.07) is 8.47. The van der Waals surface area contributed by atoms with Crippen LogP contribution in [-0.2, 0) is 9.57 Å². The van der Waals surface area contributed by atoms with Crippen molar-refractivity contribution in [1.82, 2.24) is 4.90 Å². The first-order valence-electron chi connectivity index (χ1n) is 8.72. The first-order valence-corrected chi connectivity index (χ1v) is 10.7. The fraction of sp³-hybridized carbons (Fsp3) is 0.611. The molecule has 0 saturated carbocycles. The van der Waals surface area contributed by atoms with Crippen molar-refractivity contribution in [1.29, 1.82) is 0 Å². The molecule has 0 amide bonds. The Morgan fingerprint density at radius 2 is 1.96 bits per heavy atom. The summed E-state index contributed by atoms with van der Waals surface area (Å²) in [6.07, 6.45) is 3.35. The fourth-order valence-electron chi connectivity index (χ4n) is 4.03. The second-order valence-electron chi connectivity index (χ2n) is 6.58. The summed E-state index contributed by atoms with van der Waals surface area (Å²) in [5.74, 6) is 2.73. The van der Waals surface area contributed by atoms with Gasteiger partial charge in [0.15, 0.2) is 5.72 Å². The number of nitrogens with zero attached hydrogens (tertiary/aromatic N) is 2. The van der Waals surface area contributed by atoms with Gasteiger partial charge in [-0.2, -0.15) is 11.8 Å². The maximum atomic E-state index is 6.25. The zero-order valence-electron chi connectivity index (χ0n) is 13.7. The van der Waals surface area contributed by atoms with Gasteiger partial charge in [0.05, 0.1) is 24.8 Å². The Labute approximate surface area is 156 Å². The fourth-order valence-corrected chi connectivity index (χ4v) is 5.25. The van der Waals surface area contributed by atoms with E-state index in [1.165, 1.54) is 23.5 Å². The highest BCUT2D eigenvalue weighted by molar-refractivity contribution is 9.10. The predicted molar refractivity (Wildman–Crippen MR) is 102 cm³/mol. The molecule has 4 rings (SSSR count). The van der Waals surface area contributed by atoms with Crippen LogP contribution < -0.4 is 0 Å². The Morgan fingerprint density at radius 3 is 2.75 bits per heavy atom.